The number of benzene rings is 2. The standard InChI is InChI=1S/C23H33N3OSi/c1-23(2,3)28(4,5)27-17-16-25-14-8-9-15-26(25)22-13-12-19(18-24)20-10-6-7-11-21(20)22/h6-7,10-13H,8-9,14-17H2,1-5H3. The normalized spacial score (nSPS) is 16.4. The van der Waals surface area contributed by atoms with E-state index >= 15 is 0 Å². The van der Waals surface area contributed by atoms with Gasteiger partial charge in [0.25, 0.3) is 0 Å². The Morgan fingerprint density at radius 1 is 1.04 bits per heavy atom. The molecule has 0 aromatic heterocycles. The highest BCUT2D eigenvalue weighted by Crippen LogP contribution is 2.36. The van der Waals surface area contributed by atoms with Crippen molar-refractivity contribution in [1.82, 2.24) is 5.01 Å². The summed E-state index contributed by atoms with van der Waals surface area (Å²) in [5, 5.41) is 16.7. The molecule has 0 aliphatic carbocycles. The molecule has 150 valence electrons. The van der Waals surface area contributed by atoms with E-state index in [2.05, 4.69) is 68.2 Å². The van der Waals surface area contributed by atoms with Gasteiger partial charge in [-0.05, 0) is 43.1 Å². The SMILES string of the molecule is CC(C)(C)[Si](C)(C)OCCN1CCCCN1c1ccc(C#N)c2ccccc12. The number of hydrazine groups is 1. The molecule has 1 aliphatic heterocycles. The third-order valence-corrected chi connectivity index (χ3v) is 10.8. The Labute approximate surface area is 170 Å². The van der Waals surface area contributed by atoms with E-state index in [1.807, 2.05) is 18.2 Å². The maximum absolute atomic E-state index is 9.46. The summed E-state index contributed by atoms with van der Waals surface area (Å²) in [6, 6.07) is 14.6. The molecule has 0 saturated carbocycles. The topological polar surface area (TPSA) is 39.5 Å². The summed E-state index contributed by atoms with van der Waals surface area (Å²) in [7, 11) is -1.73. The molecule has 0 spiro atoms. The predicted molar refractivity (Wildman–Crippen MR) is 120 cm³/mol. The van der Waals surface area contributed by atoms with Gasteiger partial charge in [0.05, 0.1) is 17.3 Å². The number of rotatable bonds is 5. The Hall–Kier alpha value is -1.87. The highest BCUT2D eigenvalue weighted by atomic mass is 28.4. The molecule has 2 aromatic rings. The minimum atomic E-state index is -1.73. The lowest BCUT2D eigenvalue weighted by molar-refractivity contribution is 0.165. The van der Waals surface area contributed by atoms with E-state index < -0.39 is 8.32 Å². The molecule has 0 amide bonds. The summed E-state index contributed by atoms with van der Waals surface area (Å²) >= 11 is 0. The van der Waals surface area contributed by atoms with E-state index in [0.29, 0.717) is 0 Å². The second-order valence-electron chi connectivity index (χ2n) is 9.18. The second-order valence-corrected chi connectivity index (χ2v) is 14.0. The first-order chi connectivity index (χ1) is 13.2. The summed E-state index contributed by atoms with van der Waals surface area (Å²) < 4.78 is 6.43. The Bertz CT molecular complexity index is 866. The molecule has 3 rings (SSSR count). The Kier molecular flexibility index (Phi) is 6.14. The lowest BCUT2D eigenvalue weighted by Crippen LogP contribution is -2.50. The van der Waals surface area contributed by atoms with Crippen LogP contribution >= 0.6 is 0 Å². The largest absolute Gasteiger partial charge is 0.415 e. The Morgan fingerprint density at radius 3 is 2.39 bits per heavy atom. The molecule has 0 N–H and O–H groups in total. The van der Waals surface area contributed by atoms with Gasteiger partial charge in [-0.1, -0.05) is 45.0 Å². The fourth-order valence-corrected chi connectivity index (χ4v) is 4.59. The smallest absolute Gasteiger partial charge is 0.192 e. The monoisotopic (exact) mass is 395 g/mol. The fraction of sp³-hybridized carbons (Fsp3) is 0.522. The van der Waals surface area contributed by atoms with Crippen LogP contribution in [0.1, 0.15) is 39.2 Å². The summed E-state index contributed by atoms with van der Waals surface area (Å²) in [6.45, 7) is 15.2. The molecule has 5 heteroatoms. The quantitative estimate of drug-likeness (QED) is 0.622. The van der Waals surface area contributed by atoms with Gasteiger partial charge in [0.15, 0.2) is 8.32 Å². The van der Waals surface area contributed by atoms with E-state index in [0.717, 1.165) is 42.6 Å². The third kappa shape index (κ3) is 4.25. The lowest BCUT2D eigenvalue weighted by atomic mass is 10.0. The summed E-state index contributed by atoms with van der Waals surface area (Å²) in [5.41, 5.74) is 1.94. The van der Waals surface area contributed by atoms with Crippen LogP contribution in [0.15, 0.2) is 36.4 Å². The first-order valence-electron chi connectivity index (χ1n) is 10.3. The van der Waals surface area contributed by atoms with E-state index in [9.17, 15) is 5.26 Å². The van der Waals surface area contributed by atoms with Crippen LogP contribution in [-0.2, 0) is 4.43 Å². The number of fused-ring (bicyclic) bond motifs is 1. The summed E-state index contributed by atoms with van der Waals surface area (Å²) in [4.78, 5) is 0. The van der Waals surface area contributed by atoms with Crippen LogP contribution in [0.4, 0.5) is 5.69 Å². The molecule has 0 unspecified atom stereocenters. The summed E-state index contributed by atoms with van der Waals surface area (Å²) in [5.74, 6) is 0. The van der Waals surface area contributed by atoms with Crippen LogP contribution in [-0.4, -0.2) is 39.6 Å². The van der Waals surface area contributed by atoms with Crippen molar-refractivity contribution in [2.45, 2.75) is 51.7 Å². The van der Waals surface area contributed by atoms with Crippen LogP contribution in [0.3, 0.4) is 0 Å². The zero-order valence-corrected chi connectivity index (χ0v) is 19.0. The maximum atomic E-state index is 9.46. The minimum Gasteiger partial charge on any atom is -0.415 e. The van der Waals surface area contributed by atoms with Crippen molar-refractivity contribution in [3.8, 4) is 6.07 Å². The van der Waals surface area contributed by atoms with Crippen molar-refractivity contribution < 1.29 is 4.43 Å². The van der Waals surface area contributed by atoms with Crippen LogP contribution in [0.2, 0.25) is 18.1 Å². The second kappa shape index (κ2) is 8.24. The first kappa shape index (κ1) is 20.9. The van der Waals surface area contributed by atoms with Gasteiger partial charge in [-0.3, -0.25) is 0 Å². The average molecular weight is 396 g/mol. The highest BCUT2D eigenvalue weighted by Gasteiger charge is 2.37. The molecule has 0 atom stereocenters. The number of nitriles is 1. The van der Waals surface area contributed by atoms with Crippen LogP contribution < -0.4 is 5.01 Å². The van der Waals surface area contributed by atoms with Gasteiger partial charge >= 0.3 is 0 Å². The van der Waals surface area contributed by atoms with Gasteiger partial charge < -0.3 is 9.43 Å². The van der Waals surface area contributed by atoms with Crippen molar-refractivity contribution in [1.29, 1.82) is 5.26 Å². The molecule has 0 radical (unpaired) electrons. The van der Waals surface area contributed by atoms with Crippen molar-refractivity contribution in [3.63, 3.8) is 0 Å². The fourth-order valence-electron chi connectivity index (χ4n) is 3.55. The Balaban J connectivity index is 1.81. The van der Waals surface area contributed by atoms with E-state index in [1.165, 1.54) is 18.5 Å². The zero-order valence-electron chi connectivity index (χ0n) is 18.0. The zero-order chi connectivity index (χ0) is 20.4. The first-order valence-corrected chi connectivity index (χ1v) is 13.2. The predicted octanol–water partition coefficient (Wildman–Crippen LogP) is 5.55. The highest BCUT2D eigenvalue weighted by molar-refractivity contribution is 6.74. The molecule has 1 heterocycles. The molecular weight excluding hydrogens is 362 g/mol. The Morgan fingerprint density at radius 2 is 1.71 bits per heavy atom. The van der Waals surface area contributed by atoms with Crippen LogP contribution in [0.25, 0.3) is 10.8 Å². The molecule has 0 bridgehead atoms. The van der Waals surface area contributed by atoms with Gasteiger partial charge in [0.2, 0.25) is 0 Å². The number of hydrogen-bond donors (Lipinski definition) is 0. The van der Waals surface area contributed by atoms with Gasteiger partial charge in [-0.25, -0.2) is 5.01 Å². The number of nitrogens with zero attached hydrogens (tertiary/aromatic N) is 3. The molecule has 28 heavy (non-hydrogen) atoms. The van der Waals surface area contributed by atoms with Crippen molar-refractivity contribution >= 4 is 24.8 Å². The summed E-state index contributed by atoms with van der Waals surface area (Å²) in [6.07, 6.45) is 2.40. The molecule has 4 nitrogen and oxygen atoms in total. The number of hydrogen-bond acceptors (Lipinski definition) is 4. The van der Waals surface area contributed by atoms with Crippen LogP contribution in [0, 0.1) is 11.3 Å². The van der Waals surface area contributed by atoms with Gasteiger partial charge in [0.1, 0.15) is 0 Å². The van der Waals surface area contributed by atoms with Crippen molar-refractivity contribution in [2.24, 2.45) is 0 Å². The molecule has 2 aromatic carbocycles. The van der Waals surface area contributed by atoms with Crippen molar-refractivity contribution in [2.75, 3.05) is 31.3 Å². The minimum absolute atomic E-state index is 0.234. The average Bonchev–Trinajstić information content (AvgIpc) is 2.66. The van der Waals surface area contributed by atoms with E-state index in [1.54, 1.807) is 0 Å². The van der Waals surface area contributed by atoms with Crippen molar-refractivity contribution in [3.05, 3.63) is 42.0 Å². The molecule has 1 fully saturated rings. The van der Waals surface area contributed by atoms with Crippen LogP contribution in [0.5, 0.6) is 0 Å². The molecular formula is C23H33N3OSi. The number of anilines is 1. The lowest BCUT2D eigenvalue weighted by Gasteiger charge is -2.42. The van der Waals surface area contributed by atoms with Gasteiger partial charge in [-0.2, -0.15) is 5.26 Å². The maximum Gasteiger partial charge on any atom is 0.192 e. The van der Waals surface area contributed by atoms with Gasteiger partial charge in [0, 0.05) is 37.0 Å². The molecule has 1 saturated heterocycles. The van der Waals surface area contributed by atoms with Gasteiger partial charge in [-0.15, -0.1) is 0 Å². The van der Waals surface area contributed by atoms with E-state index in [4.69, 9.17) is 4.43 Å². The van der Waals surface area contributed by atoms with E-state index in [-0.39, 0.29) is 5.04 Å². The molecule has 1 aliphatic rings. The third-order valence-electron chi connectivity index (χ3n) is 6.30.